The van der Waals surface area contributed by atoms with Gasteiger partial charge in [0.15, 0.2) is 0 Å². The Hall–Kier alpha value is -2.08. The van der Waals surface area contributed by atoms with E-state index in [4.69, 9.17) is 9.47 Å². The molecule has 22 heavy (non-hydrogen) atoms. The predicted molar refractivity (Wildman–Crippen MR) is 84.1 cm³/mol. The predicted octanol–water partition coefficient (Wildman–Crippen LogP) is 1.36. The number of benzene rings is 1. The average molecular weight is 308 g/mol. The molecule has 2 amide bonds. The molecule has 0 unspecified atom stereocenters. The summed E-state index contributed by atoms with van der Waals surface area (Å²) < 4.78 is 10.6. The third-order valence-electron chi connectivity index (χ3n) is 2.83. The molecule has 0 aromatic heterocycles. The van der Waals surface area contributed by atoms with Gasteiger partial charge in [-0.3, -0.25) is 9.59 Å². The van der Waals surface area contributed by atoms with Crippen molar-refractivity contribution in [2.45, 2.75) is 20.3 Å². The standard InChI is InChI=1S/C16H24N2O4/c1-3-21-11-7-10-17-15(19)12-18-16(20)13-8-5-6-9-14(13)22-4-2/h5-6,8-9H,3-4,7,10-12H2,1-2H3,(H,17,19)(H,18,20). The minimum absolute atomic E-state index is 0.0616. The number of hydrogen-bond acceptors (Lipinski definition) is 4. The molecule has 1 aromatic rings. The SMILES string of the molecule is CCOCCCNC(=O)CNC(=O)c1ccccc1OCC. The second-order valence-electron chi connectivity index (χ2n) is 4.51. The van der Waals surface area contributed by atoms with Gasteiger partial charge in [0.25, 0.3) is 5.91 Å². The Morgan fingerprint density at radius 3 is 2.59 bits per heavy atom. The molecule has 0 radical (unpaired) electrons. The Labute approximate surface area is 131 Å². The van der Waals surface area contributed by atoms with Gasteiger partial charge in [0.2, 0.25) is 5.91 Å². The quantitative estimate of drug-likeness (QED) is 0.640. The highest BCUT2D eigenvalue weighted by Gasteiger charge is 2.12. The van der Waals surface area contributed by atoms with Crippen molar-refractivity contribution >= 4 is 11.8 Å². The maximum atomic E-state index is 12.1. The smallest absolute Gasteiger partial charge is 0.255 e. The minimum Gasteiger partial charge on any atom is -0.493 e. The summed E-state index contributed by atoms with van der Waals surface area (Å²) in [5, 5.41) is 5.31. The van der Waals surface area contributed by atoms with E-state index in [0.29, 0.717) is 37.7 Å². The van der Waals surface area contributed by atoms with Crippen molar-refractivity contribution in [2.24, 2.45) is 0 Å². The Bertz CT molecular complexity index is 477. The zero-order chi connectivity index (χ0) is 16.2. The second kappa shape index (κ2) is 10.6. The molecule has 0 aliphatic rings. The summed E-state index contributed by atoms with van der Waals surface area (Å²) in [5.41, 5.74) is 0.425. The van der Waals surface area contributed by atoms with Gasteiger partial charge in [-0.25, -0.2) is 0 Å². The lowest BCUT2D eigenvalue weighted by Gasteiger charge is -2.10. The maximum Gasteiger partial charge on any atom is 0.255 e. The first-order chi connectivity index (χ1) is 10.7. The number of rotatable bonds is 10. The molecule has 0 fully saturated rings. The Morgan fingerprint density at radius 1 is 1.09 bits per heavy atom. The molecule has 6 heteroatoms. The van der Waals surface area contributed by atoms with Crippen molar-refractivity contribution in [1.29, 1.82) is 0 Å². The van der Waals surface area contributed by atoms with Gasteiger partial charge in [0.05, 0.1) is 18.7 Å². The Balaban J connectivity index is 2.35. The van der Waals surface area contributed by atoms with E-state index >= 15 is 0 Å². The van der Waals surface area contributed by atoms with Gasteiger partial charge < -0.3 is 20.1 Å². The topological polar surface area (TPSA) is 76.7 Å². The van der Waals surface area contributed by atoms with Gasteiger partial charge in [-0.1, -0.05) is 12.1 Å². The first-order valence-corrected chi connectivity index (χ1v) is 7.53. The van der Waals surface area contributed by atoms with Crippen LogP contribution in [0.3, 0.4) is 0 Å². The molecule has 0 aliphatic heterocycles. The number of amides is 2. The van der Waals surface area contributed by atoms with Gasteiger partial charge in [-0.2, -0.15) is 0 Å². The van der Waals surface area contributed by atoms with Gasteiger partial charge in [-0.05, 0) is 32.4 Å². The number of nitrogens with one attached hydrogen (secondary N) is 2. The fraction of sp³-hybridized carbons (Fsp3) is 0.500. The Kier molecular flexibility index (Phi) is 8.67. The third-order valence-corrected chi connectivity index (χ3v) is 2.83. The molecule has 1 aromatic carbocycles. The molecular formula is C16H24N2O4. The van der Waals surface area contributed by atoms with Crippen LogP contribution in [0.5, 0.6) is 5.75 Å². The number of carbonyl (C=O) groups is 2. The molecule has 0 spiro atoms. The molecule has 1 rings (SSSR count). The highest BCUT2D eigenvalue weighted by Crippen LogP contribution is 2.17. The lowest BCUT2D eigenvalue weighted by molar-refractivity contribution is -0.120. The summed E-state index contributed by atoms with van der Waals surface area (Å²) in [5.74, 6) is -0.0353. The number of para-hydroxylation sites is 1. The molecule has 0 saturated carbocycles. The largest absolute Gasteiger partial charge is 0.493 e. The van der Waals surface area contributed by atoms with Gasteiger partial charge in [0.1, 0.15) is 5.75 Å². The Morgan fingerprint density at radius 2 is 1.86 bits per heavy atom. The first-order valence-electron chi connectivity index (χ1n) is 7.53. The fourth-order valence-electron chi connectivity index (χ4n) is 1.80. The van der Waals surface area contributed by atoms with Crippen LogP contribution in [0.25, 0.3) is 0 Å². The summed E-state index contributed by atoms with van der Waals surface area (Å²) in [6.45, 7) is 6.01. The van der Waals surface area contributed by atoms with Crippen molar-refractivity contribution in [3.8, 4) is 5.75 Å². The van der Waals surface area contributed by atoms with Gasteiger partial charge in [-0.15, -0.1) is 0 Å². The van der Waals surface area contributed by atoms with Crippen LogP contribution in [0.1, 0.15) is 30.6 Å². The van der Waals surface area contributed by atoms with E-state index in [-0.39, 0.29) is 18.4 Å². The summed E-state index contributed by atoms with van der Waals surface area (Å²) in [6.07, 6.45) is 0.751. The van der Waals surface area contributed by atoms with E-state index < -0.39 is 0 Å². The van der Waals surface area contributed by atoms with Crippen LogP contribution < -0.4 is 15.4 Å². The van der Waals surface area contributed by atoms with E-state index in [2.05, 4.69) is 10.6 Å². The molecule has 0 heterocycles. The van der Waals surface area contributed by atoms with Crippen LogP contribution in [0.15, 0.2) is 24.3 Å². The second-order valence-corrected chi connectivity index (χ2v) is 4.51. The summed E-state index contributed by atoms with van der Waals surface area (Å²) in [7, 11) is 0. The molecule has 0 saturated heterocycles. The number of ether oxygens (including phenoxy) is 2. The van der Waals surface area contributed by atoms with E-state index in [1.807, 2.05) is 13.8 Å². The van der Waals surface area contributed by atoms with Crippen LogP contribution in [-0.4, -0.2) is 44.7 Å². The third kappa shape index (κ3) is 6.58. The van der Waals surface area contributed by atoms with Gasteiger partial charge in [0, 0.05) is 19.8 Å². The minimum atomic E-state index is -0.325. The zero-order valence-electron chi connectivity index (χ0n) is 13.2. The van der Waals surface area contributed by atoms with Gasteiger partial charge >= 0.3 is 0 Å². The highest BCUT2D eigenvalue weighted by atomic mass is 16.5. The molecular weight excluding hydrogens is 284 g/mol. The number of carbonyl (C=O) groups excluding carboxylic acids is 2. The normalized spacial score (nSPS) is 10.1. The van der Waals surface area contributed by atoms with Crippen LogP contribution in [0, 0.1) is 0 Å². The molecule has 6 nitrogen and oxygen atoms in total. The van der Waals surface area contributed by atoms with E-state index in [1.165, 1.54) is 0 Å². The van der Waals surface area contributed by atoms with Crippen LogP contribution in [0.4, 0.5) is 0 Å². The first kappa shape index (κ1) is 18.0. The summed E-state index contributed by atoms with van der Waals surface area (Å²) in [6, 6.07) is 6.95. The van der Waals surface area contributed by atoms with Crippen molar-refractivity contribution in [3.05, 3.63) is 29.8 Å². The van der Waals surface area contributed by atoms with E-state index in [0.717, 1.165) is 6.42 Å². The van der Waals surface area contributed by atoms with Crippen molar-refractivity contribution < 1.29 is 19.1 Å². The lowest BCUT2D eigenvalue weighted by atomic mass is 10.2. The van der Waals surface area contributed by atoms with Crippen LogP contribution in [-0.2, 0) is 9.53 Å². The van der Waals surface area contributed by atoms with Crippen LogP contribution in [0.2, 0.25) is 0 Å². The summed E-state index contributed by atoms with van der Waals surface area (Å²) >= 11 is 0. The zero-order valence-corrected chi connectivity index (χ0v) is 13.2. The van der Waals surface area contributed by atoms with E-state index in [1.54, 1.807) is 24.3 Å². The van der Waals surface area contributed by atoms with Crippen molar-refractivity contribution in [2.75, 3.05) is 32.9 Å². The maximum absolute atomic E-state index is 12.1. The highest BCUT2D eigenvalue weighted by molar-refractivity contribution is 5.98. The van der Waals surface area contributed by atoms with Crippen molar-refractivity contribution in [3.63, 3.8) is 0 Å². The lowest BCUT2D eigenvalue weighted by Crippen LogP contribution is -2.37. The fourth-order valence-corrected chi connectivity index (χ4v) is 1.80. The average Bonchev–Trinajstić information content (AvgIpc) is 2.53. The summed E-state index contributed by atoms with van der Waals surface area (Å²) in [4.78, 5) is 23.7. The molecule has 2 N–H and O–H groups in total. The molecule has 0 atom stereocenters. The van der Waals surface area contributed by atoms with Crippen molar-refractivity contribution in [1.82, 2.24) is 10.6 Å². The molecule has 122 valence electrons. The van der Waals surface area contributed by atoms with E-state index in [9.17, 15) is 9.59 Å². The monoisotopic (exact) mass is 308 g/mol. The molecule has 0 bridgehead atoms. The number of hydrogen-bond donors (Lipinski definition) is 2. The molecule has 0 aliphatic carbocycles. The van der Waals surface area contributed by atoms with Crippen LogP contribution >= 0.6 is 0 Å².